The third-order valence-electron chi connectivity index (χ3n) is 11.8. The molecular formula is C46H50N8O2. The van der Waals surface area contributed by atoms with Gasteiger partial charge in [-0.2, -0.15) is 0 Å². The van der Waals surface area contributed by atoms with Crippen LogP contribution < -0.4 is 16.0 Å². The fourth-order valence-corrected chi connectivity index (χ4v) is 8.94. The van der Waals surface area contributed by atoms with Gasteiger partial charge in [-0.05, 0) is 72.2 Å². The summed E-state index contributed by atoms with van der Waals surface area (Å²) in [6.45, 7) is 2.63. The second kappa shape index (κ2) is 16.2. The number of para-hydroxylation sites is 4. The normalized spacial score (nSPS) is 20.4. The van der Waals surface area contributed by atoms with Gasteiger partial charge in [-0.15, -0.1) is 0 Å². The van der Waals surface area contributed by atoms with E-state index in [0.717, 1.165) is 54.4 Å². The van der Waals surface area contributed by atoms with Gasteiger partial charge in [0.2, 0.25) is 0 Å². The first-order valence-electron chi connectivity index (χ1n) is 19.9. The van der Waals surface area contributed by atoms with Crippen LogP contribution in [0.4, 0.5) is 0 Å². The molecule has 56 heavy (non-hydrogen) atoms. The third kappa shape index (κ3) is 7.87. The minimum absolute atomic E-state index is 0.00672. The summed E-state index contributed by atoms with van der Waals surface area (Å²) in [5.41, 5.74) is 9.46. The average Bonchev–Trinajstić information content (AvgIpc) is 4.02. The lowest BCUT2D eigenvalue weighted by atomic mass is 9.98. The minimum atomic E-state index is -0.818. The number of carbonyl (C=O) groups is 1. The van der Waals surface area contributed by atoms with Crippen molar-refractivity contribution >= 4 is 49.6 Å². The highest BCUT2D eigenvalue weighted by molar-refractivity contribution is 5.85. The van der Waals surface area contributed by atoms with Crippen molar-refractivity contribution in [3.8, 4) is 0 Å². The highest BCUT2D eigenvalue weighted by Crippen LogP contribution is 2.25. The highest BCUT2D eigenvalue weighted by atomic mass is 16.4. The van der Waals surface area contributed by atoms with Crippen molar-refractivity contribution in [1.82, 2.24) is 40.8 Å². The molecule has 1 aliphatic rings. The molecule has 4 atom stereocenters. The molecule has 0 unspecified atom stereocenters. The maximum atomic E-state index is 12.7. The first-order chi connectivity index (χ1) is 27.5. The number of H-pyrrole nitrogens is 4. The number of nitrogens with one attached hydrogen (secondary N) is 7. The van der Waals surface area contributed by atoms with E-state index in [4.69, 9.17) is 0 Å². The Labute approximate surface area is 326 Å². The molecule has 1 fully saturated rings. The standard InChI is InChI=1S/C46H50N8O2/c55-46(56)29-54-28-36(19-32-23-52-44-15-7-3-11-40(32)44)48-26-34(17-30-21-50-42-13-5-1-9-38(30)42)47-25-35(18-31-22-51-43-14-6-2-10-39(31)43)49-27-37(54)20-33-24-53-45-16-8-4-12-41(33)45/h1-16,21-24,34-37,47-53H,17-20,25-29H2,(H,55,56)/t34-,35-,36-,37-/m0/s1. The lowest BCUT2D eigenvalue weighted by Gasteiger charge is -2.37. The summed E-state index contributed by atoms with van der Waals surface area (Å²) in [4.78, 5) is 28.8. The number of rotatable bonds is 10. The molecule has 8 N–H and O–H groups in total. The number of carboxylic acids is 1. The van der Waals surface area contributed by atoms with E-state index in [1.54, 1.807) is 0 Å². The number of carboxylic acid groups (broad SMARTS) is 1. The molecule has 9 rings (SSSR count). The summed E-state index contributed by atoms with van der Waals surface area (Å²) >= 11 is 0. The zero-order valence-electron chi connectivity index (χ0n) is 31.5. The summed E-state index contributed by atoms with van der Waals surface area (Å²) < 4.78 is 0. The van der Waals surface area contributed by atoms with Gasteiger partial charge in [-0.25, -0.2) is 0 Å². The molecular weight excluding hydrogens is 697 g/mol. The minimum Gasteiger partial charge on any atom is -0.480 e. The van der Waals surface area contributed by atoms with Crippen molar-refractivity contribution < 1.29 is 9.90 Å². The summed E-state index contributed by atoms with van der Waals surface area (Å²) in [5, 5.41) is 27.3. The molecule has 0 spiro atoms. The number of aromatic amines is 4. The van der Waals surface area contributed by atoms with E-state index in [-0.39, 0.29) is 30.7 Å². The Balaban J connectivity index is 1.07. The summed E-state index contributed by atoms with van der Waals surface area (Å²) in [6, 6.07) is 33.9. The summed E-state index contributed by atoms with van der Waals surface area (Å²) in [5.74, 6) is -0.818. The molecule has 8 aromatic rings. The number of nitrogens with zero attached hydrogens (tertiary/aromatic N) is 1. The number of aliphatic carboxylic acids is 1. The molecule has 10 heteroatoms. The Morgan fingerprint density at radius 1 is 0.500 bits per heavy atom. The predicted octanol–water partition coefficient (Wildman–Crippen LogP) is 6.53. The van der Waals surface area contributed by atoms with Crippen molar-refractivity contribution in [3.63, 3.8) is 0 Å². The first kappa shape index (κ1) is 36.0. The van der Waals surface area contributed by atoms with Crippen LogP contribution in [0.5, 0.6) is 0 Å². The molecule has 0 saturated carbocycles. The van der Waals surface area contributed by atoms with Crippen molar-refractivity contribution in [2.45, 2.75) is 49.9 Å². The van der Waals surface area contributed by atoms with Crippen molar-refractivity contribution in [2.75, 3.05) is 32.7 Å². The summed E-state index contributed by atoms with van der Waals surface area (Å²) in [7, 11) is 0. The van der Waals surface area contributed by atoms with E-state index in [0.29, 0.717) is 19.5 Å². The fraction of sp³-hybridized carbons (Fsp3) is 0.283. The molecule has 0 amide bonds. The molecule has 10 nitrogen and oxygen atoms in total. The van der Waals surface area contributed by atoms with Crippen LogP contribution >= 0.6 is 0 Å². The molecule has 5 heterocycles. The SMILES string of the molecule is O=C(O)CN1C[C@H](Cc2c[nH]c3ccccc23)NC[C@H](Cc2c[nH]c3ccccc23)NC[C@H](Cc2c[nH]c3ccccc23)NC[C@@H]1Cc1c[nH]c2ccccc12. The molecule has 286 valence electrons. The molecule has 4 aromatic heterocycles. The zero-order valence-corrected chi connectivity index (χ0v) is 31.5. The Morgan fingerprint density at radius 2 is 0.857 bits per heavy atom. The first-order valence-corrected chi connectivity index (χ1v) is 19.9. The van der Waals surface area contributed by atoms with E-state index < -0.39 is 5.97 Å². The van der Waals surface area contributed by atoms with Gasteiger partial charge in [0.05, 0.1) is 6.54 Å². The molecule has 0 radical (unpaired) electrons. The maximum Gasteiger partial charge on any atom is 0.317 e. The maximum absolute atomic E-state index is 12.7. The number of benzene rings is 4. The lowest BCUT2D eigenvalue weighted by Crippen LogP contribution is -2.57. The number of hydrogen-bond acceptors (Lipinski definition) is 5. The lowest BCUT2D eigenvalue weighted by molar-refractivity contribution is -0.139. The topological polar surface area (TPSA) is 140 Å². The molecule has 0 bridgehead atoms. The van der Waals surface area contributed by atoms with Crippen LogP contribution in [-0.4, -0.2) is 92.8 Å². The van der Waals surface area contributed by atoms with Gasteiger partial charge in [0.25, 0.3) is 0 Å². The van der Waals surface area contributed by atoms with Crippen molar-refractivity contribution in [1.29, 1.82) is 0 Å². The van der Waals surface area contributed by atoms with Gasteiger partial charge in [0.1, 0.15) is 0 Å². The van der Waals surface area contributed by atoms with E-state index in [1.165, 1.54) is 43.8 Å². The average molecular weight is 747 g/mol. The largest absolute Gasteiger partial charge is 0.480 e. The van der Waals surface area contributed by atoms with Crippen LogP contribution in [0.3, 0.4) is 0 Å². The van der Waals surface area contributed by atoms with Crippen LogP contribution in [0.25, 0.3) is 43.6 Å². The van der Waals surface area contributed by atoms with E-state index in [9.17, 15) is 9.90 Å². The van der Waals surface area contributed by atoms with Crippen molar-refractivity contribution in [3.05, 3.63) is 144 Å². The van der Waals surface area contributed by atoms with Gasteiger partial charge in [-0.1, -0.05) is 72.8 Å². The predicted molar refractivity (Wildman–Crippen MR) is 226 cm³/mol. The fourth-order valence-electron chi connectivity index (χ4n) is 8.94. The van der Waals surface area contributed by atoms with Gasteiger partial charge < -0.3 is 41.0 Å². The summed E-state index contributed by atoms with van der Waals surface area (Å²) in [6.07, 6.45) is 11.6. The molecule has 1 aliphatic heterocycles. The van der Waals surface area contributed by atoms with E-state index >= 15 is 0 Å². The van der Waals surface area contributed by atoms with Crippen molar-refractivity contribution in [2.24, 2.45) is 0 Å². The van der Waals surface area contributed by atoms with E-state index in [2.05, 4.69) is 157 Å². The van der Waals surface area contributed by atoms with Gasteiger partial charge >= 0.3 is 5.97 Å². The Morgan fingerprint density at radius 3 is 1.29 bits per heavy atom. The quantitative estimate of drug-likeness (QED) is 0.0802. The molecule has 1 saturated heterocycles. The smallest absolute Gasteiger partial charge is 0.317 e. The molecule has 4 aromatic carbocycles. The van der Waals surface area contributed by atoms with Gasteiger partial charge in [0.15, 0.2) is 0 Å². The Bertz CT molecular complexity index is 2560. The monoisotopic (exact) mass is 746 g/mol. The zero-order chi connectivity index (χ0) is 37.8. The van der Waals surface area contributed by atoms with Gasteiger partial charge in [0, 0.05) is 119 Å². The number of fused-ring (bicyclic) bond motifs is 4. The van der Waals surface area contributed by atoms with E-state index in [1.807, 2.05) is 6.07 Å². The Kier molecular flexibility index (Phi) is 10.4. The highest BCUT2D eigenvalue weighted by Gasteiger charge is 2.29. The number of aromatic nitrogens is 4. The van der Waals surface area contributed by atoms with Crippen LogP contribution in [0.1, 0.15) is 22.3 Å². The van der Waals surface area contributed by atoms with Crippen LogP contribution in [0, 0.1) is 0 Å². The Hall–Kier alpha value is -5.65. The second-order valence-electron chi connectivity index (χ2n) is 15.5. The van der Waals surface area contributed by atoms with Gasteiger partial charge in [-0.3, -0.25) is 9.69 Å². The third-order valence-corrected chi connectivity index (χ3v) is 11.8. The van der Waals surface area contributed by atoms with Crippen LogP contribution in [-0.2, 0) is 30.5 Å². The second-order valence-corrected chi connectivity index (χ2v) is 15.5. The molecule has 0 aliphatic carbocycles. The number of hydrogen-bond donors (Lipinski definition) is 8. The van der Waals surface area contributed by atoms with Crippen LogP contribution in [0.2, 0.25) is 0 Å². The van der Waals surface area contributed by atoms with Crippen LogP contribution in [0.15, 0.2) is 122 Å².